The molecule has 8 heteroatoms. The van der Waals surface area contributed by atoms with Crippen molar-refractivity contribution in [1.82, 2.24) is 9.62 Å². The Balaban J connectivity index is 2.00. The summed E-state index contributed by atoms with van der Waals surface area (Å²) in [5.41, 5.74) is 0.160. The Morgan fingerprint density at radius 3 is 2.46 bits per heavy atom. The fraction of sp³-hybridized carbons (Fsp3) is 0.556. The van der Waals surface area contributed by atoms with Gasteiger partial charge < -0.3 is 10.2 Å². The maximum Gasteiger partial charge on any atom is 0.275 e. The molecule has 1 aliphatic rings. The standard InChI is InChI=1S/C18H26N4O3S/c1-18(2,3)20-17(23)14-21-9-4-10-22(12-11-21)26(24,25)16-7-5-15(13-19)6-8-16/h5-8H,4,9-12,14H2,1-3H3,(H,20,23)/p+1. The first kappa shape index (κ1) is 20.4. The summed E-state index contributed by atoms with van der Waals surface area (Å²) in [4.78, 5) is 13.4. The molecule has 0 spiro atoms. The Hall–Kier alpha value is -1.95. The van der Waals surface area contributed by atoms with Crippen molar-refractivity contribution < 1.29 is 18.1 Å². The van der Waals surface area contributed by atoms with Crippen LogP contribution in [0.5, 0.6) is 0 Å². The SMILES string of the molecule is CC(C)(C)NC(=O)C[NH+]1CCCN(S(=O)(=O)c2ccc(C#N)cc2)CC1. The third-order valence-electron chi connectivity index (χ3n) is 4.20. The molecule has 0 aliphatic carbocycles. The predicted molar refractivity (Wildman–Crippen MR) is 98.0 cm³/mol. The topological polar surface area (TPSA) is 94.7 Å². The lowest BCUT2D eigenvalue weighted by molar-refractivity contribution is -0.889. The largest absolute Gasteiger partial charge is 0.347 e. The van der Waals surface area contributed by atoms with E-state index in [-0.39, 0.29) is 16.3 Å². The molecule has 1 unspecified atom stereocenters. The number of carbonyl (C=O) groups excluding carboxylic acids is 1. The van der Waals surface area contributed by atoms with Gasteiger partial charge in [0.1, 0.15) is 0 Å². The second kappa shape index (κ2) is 8.16. The molecule has 26 heavy (non-hydrogen) atoms. The summed E-state index contributed by atoms with van der Waals surface area (Å²) in [6.45, 7) is 8.33. The lowest BCUT2D eigenvalue weighted by Gasteiger charge is -2.23. The van der Waals surface area contributed by atoms with E-state index in [0.29, 0.717) is 38.2 Å². The molecule has 0 bridgehead atoms. The molecule has 1 heterocycles. The predicted octanol–water partition coefficient (Wildman–Crippen LogP) is -0.248. The van der Waals surface area contributed by atoms with Crippen molar-refractivity contribution in [2.45, 2.75) is 37.6 Å². The van der Waals surface area contributed by atoms with Gasteiger partial charge in [0.05, 0.1) is 36.2 Å². The van der Waals surface area contributed by atoms with Gasteiger partial charge in [0, 0.05) is 18.5 Å². The number of sulfonamides is 1. The molecule has 7 nitrogen and oxygen atoms in total. The second-order valence-corrected chi connectivity index (χ2v) is 9.56. The van der Waals surface area contributed by atoms with Crippen LogP contribution in [0.4, 0.5) is 0 Å². The molecule has 1 aromatic carbocycles. The zero-order valence-electron chi connectivity index (χ0n) is 15.6. The molecule has 2 N–H and O–H groups in total. The molecule has 1 fully saturated rings. The highest BCUT2D eigenvalue weighted by Gasteiger charge is 2.29. The van der Waals surface area contributed by atoms with E-state index in [1.807, 2.05) is 26.8 Å². The maximum absolute atomic E-state index is 12.8. The molecule has 0 saturated carbocycles. The number of hydrogen-bond acceptors (Lipinski definition) is 4. The van der Waals surface area contributed by atoms with Gasteiger partial charge in [-0.1, -0.05) is 0 Å². The molecule has 2 rings (SSSR count). The zero-order valence-corrected chi connectivity index (χ0v) is 16.4. The molecule has 0 aromatic heterocycles. The van der Waals surface area contributed by atoms with Gasteiger partial charge in [-0.2, -0.15) is 9.57 Å². The van der Waals surface area contributed by atoms with Crippen LogP contribution in [0.1, 0.15) is 32.8 Å². The van der Waals surface area contributed by atoms with Crippen LogP contribution in [-0.4, -0.2) is 56.9 Å². The molecular formula is C18H27N4O3S+. The summed E-state index contributed by atoms with van der Waals surface area (Å²) in [5, 5.41) is 11.8. The van der Waals surface area contributed by atoms with Crippen LogP contribution in [0, 0.1) is 11.3 Å². The fourth-order valence-corrected chi connectivity index (χ4v) is 4.46. The summed E-state index contributed by atoms with van der Waals surface area (Å²) >= 11 is 0. The van der Waals surface area contributed by atoms with Gasteiger partial charge >= 0.3 is 0 Å². The normalized spacial score (nSPS) is 19.4. The highest BCUT2D eigenvalue weighted by Crippen LogP contribution is 2.16. The van der Waals surface area contributed by atoms with Gasteiger partial charge in [0.25, 0.3) is 5.91 Å². The first-order valence-corrected chi connectivity index (χ1v) is 10.2. The van der Waals surface area contributed by atoms with Crippen molar-refractivity contribution in [2.75, 3.05) is 32.7 Å². The average molecular weight is 380 g/mol. The van der Waals surface area contributed by atoms with Crippen molar-refractivity contribution in [2.24, 2.45) is 0 Å². The van der Waals surface area contributed by atoms with Crippen LogP contribution in [0.3, 0.4) is 0 Å². The highest BCUT2D eigenvalue weighted by atomic mass is 32.2. The maximum atomic E-state index is 12.8. The van der Waals surface area contributed by atoms with Crippen molar-refractivity contribution in [3.8, 4) is 6.07 Å². The number of rotatable bonds is 4. The average Bonchev–Trinajstić information content (AvgIpc) is 2.79. The summed E-state index contributed by atoms with van der Waals surface area (Å²) in [6.07, 6.45) is 0.702. The van der Waals surface area contributed by atoms with Gasteiger partial charge in [-0.25, -0.2) is 8.42 Å². The van der Waals surface area contributed by atoms with E-state index in [2.05, 4.69) is 5.32 Å². The van der Waals surface area contributed by atoms with E-state index in [1.54, 1.807) is 0 Å². The van der Waals surface area contributed by atoms with E-state index >= 15 is 0 Å². The summed E-state index contributed by atoms with van der Waals surface area (Å²) in [7, 11) is -3.58. The van der Waals surface area contributed by atoms with E-state index in [9.17, 15) is 13.2 Å². The Kier molecular flexibility index (Phi) is 6.39. The van der Waals surface area contributed by atoms with Crippen LogP contribution >= 0.6 is 0 Å². The van der Waals surface area contributed by atoms with Gasteiger partial charge in [-0.3, -0.25) is 4.79 Å². The van der Waals surface area contributed by atoms with Gasteiger partial charge in [0.2, 0.25) is 10.0 Å². The summed E-state index contributed by atoms with van der Waals surface area (Å²) in [5.74, 6) is -0.0177. The molecule has 1 amide bonds. The number of nitrogens with zero attached hydrogens (tertiary/aromatic N) is 2. The molecule has 142 valence electrons. The number of nitrogens with one attached hydrogen (secondary N) is 2. The third-order valence-corrected chi connectivity index (χ3v) is 6.11. The van der Waals surface area contributed by atoms with Gasteiger partial charge in [-0.05, 0) is 45.0 Å². The minimum absolute atomic E-state index is 0.0177. The van der Waals surface area contributed by atoms with Crippen molar-refractivity contribution in [3.05, 3.63) is 29.8 Å². The Labute approximate surface area is 155 Å². The third kappa shape index (κ3) is 5.53. The monoisotopic (exact) mass is 379 g/mol. The van der Waals surface area contributed by atoms with Crippen molar-refractivity contribution in [1.29, 1.82) is 5.26 Å². The number of benzene rings is 1. The Morgan fingerprint density at radius 1 is 1.23 bits per heavy atom. The van der Waals surface area contributed by atoms with Crippen LogP contribution in [0.2, 0.25) is 0 Å². The number of carbonyl (C=O) groups is 1. The first-order valence-electron chi connectivity index (χ1n) is 8.77. The molecule has 1 saturated heterocycles. The molecule has 1 aromatic rings. The smallest absolute Gasteiger partial charge is 0.275 e. The first-order chi connectivity index (χ1) is 12.1. The van der Waals surface area contributed by atoms with Crippen LogP contribution in [0.15, 0.2) is 29.2 Å². The van der Waals surface area contributed by atoms with Crippen LogP contribution in [0.25, 0.3) is 0 Å². The van der Waals surface area contributed by atoms with E-state index in [4.69, 9.17) is 5.26 Å². The van der Waals surface area contributed by atoms with Crippen molar-refractivity contribution in [3.63, 3.8) is 0 Å². The van der Waals surface area contributed by atoms with Gasteiger partial charge in [-0.15, -0.1) is 0 Å². The quantitative estimate of drug-likeness (QED) is 0.754. The number of nitriles is 1. The number of amides is 1. The summed E-state index contributed by atoms with van der Waals surface area (Å²) in [6, 6.07) is 7.96. The van der Waals surface area contributed by atoms with Crippen molar-refractivity contribution >= 4 is 15.9 Å². The van der Waals surface area contributed by atoms with Crippen LogP contribution in [-0.2, 0) is 14.8 Å². The van der Waals surface area contributed by atoms with E-state index in [1.165, 1.54) is 28.6 Å². The Morgan fingerprint density at radius 2 is 1.88 bits per heavy atom. The number of hydrogen-bond donors (Lipinski definition) is 2. The lowest BCUT2D eigenvalue weighted by Crippen LogP contribution is -3.13. The number of quaternary nitrogens is 1. The lowest BCUT2D eigenvalue weighted by atomic mass is 10.1. The minimum atomic E-state index is -3.58. The second-order valence-electron chi connectivity index (χ2n) is 7.62. The summed E-state index contributed by atoms with van der Waals surface area (Å²) < 4.78 is 27.1. The molecule has 1 aliphatic heterocycles. The molecular weight excluding hydrogens is 352 g/mol. The minimum Gasteiger partial charge on any atom is -0.347 e. The highest BCUT2D eigenvalue weighted by molar-refractivity contribution is 7.89. The van der Waals surface area contributed by atoms with E-state index in [0.717, 1.165) is 11.4 Å². The molecule has 0 radical (unpaired) electrons. The van der Waals surface area contributed by atoms with E-state index < -0.39 is 10.0 Å². The van der Waals surface area contributed by atoms with Gasteiger partial charge in [0.15, 0.2) is 6.54 Å². The fourth-order valence-electron chi connectivity index (χ4n) is 2.98. The zero-order chi connectivity index (χ0) is 19.4. The van der Waals surface area contributed by atoms with Crippen LogP contribution < -0.4 is 10.2 Å². The molecule has 1 atom stereocenters. The Bertz CT molecular complexity index is 776.